The fraction of sp³-hybridized carbons (Fsp3) is 0.722. The average molecular weight is 414 g/mol. The fourth-order valence-corrected chi connectivity index (χ4v) is 5.72. The van der Waals surface area contributed by atoms with Gasteiger partial charge in [0.2, 0.25) is 10.0 Å². The van der Waals surface area contributed by atoms with Crippen LogP contribution in [0.15, 0.2) is 0 Å². The molecule has 1 heterocycles. The minimum Gasteiger partial charge on any atom is -0.374 e. The number of aliphatic hydroxyl groups excluding tert-OH is 1. The van der Waals surface area contributed by atoms with Crippen LogP contribution in [0.25, 0.3) is 0 Å². The third kappa shape index (κ3) is 4.82. The minimum absolute atomic E-state index is 0.120. The normalized spacial score (nSPS) is 23.6. The second-order valence-electron chi connectivity index (χ2n) is 8.12. The van der Waals surface area contributed by atoms with E-state index in [0.717, 1.165) is 42.5 Å². The van der Waals surface area contributed by atoms with E-state index in [9.17, 15) is 18.3 Å². The van der Waals surface area contributed by atoms with Crippen LogP contribution in [-0.4, -0.2) is 44.5 Å². The number of aryl methyl sites for hydroxylation is 1. The lowest BCUT2D eigenvalue weighted by molar-refractivity contribution is 0.0951. The van der Waals surface area contributed by atoms with Crippen LogP contribution < -0.4 is 15.4 Å². The quantitative estimate of drug-likeness (QED) is 0.482. The molecule has 1 aromatic heterocycles. The van der Waals surface area contributed by atoms with E-state index in [-0.39, 0.29) is 17.9 Å². The number of amides is 1. The highest BCUT2D eigenvalue weighted by atomic mass is 32.2. The summed E-state index contributed by atoms with van der Waals surface area (Å²) < 4.78 is 25.9. The fourth-order valence-electron chi connectivity index (χ4n) is 3.64. The van der Waals surface area contributed by atoms with Crippen molar-refractivity contribution in [1.82, 2.24) is 10.0 Å². The molecule has 1 aromatic rings. The van der Waals surface area contributed by atoms with Crippen molar-refractivity contribution in [3.8, 4) is 0 Å². The number of carbonyl (C=O) groups excluding carboxylic acids is 1. The molecule has 7 nitrogen and oxygen atoms in total. The van der Waals surface area contributed by atoms with Crippen LogP contribution in [0.4, 0.5) is 5.00 Å². The van der Waals surface area contributed by atoms with Gasteiger partial charge in [-0.05, 0) is 56.4 Å². The van der Waals surface area contributed by atoms with Crippen LogP contribution in [0.3, 0.4) is 0 Å². The molecule has 9 heteroatoms. The summed E-state index contributed by atoms with van der Waals surface area (Å²) in [6, 6.07) is -0.196. The maximum Gasteiger partial charge on any atom is 0.254 e. The number of thiophene rings is 1. The Labute approximate surface area is 164 Å². The summed E-state index contributed by atoms with van der Waals surface area (Å²) in [7, 11) is -3.29. The lowest BCUT2D eigenvalue weighted by atomic mass is 9.91. The first kappa shape index (κ1) is 19.2. The number of rotatable bonds is 8. The van der Waals surface area contributed by atoms with Crippen molar-refractivity contribution < 1.29 is 18.3 Å². The van der Waals surface area contributed by atoms with Crippen molar-refractivity contribution in [1.29, 1.82) is 0 Å². The van der Waals surface area contributed by atoms with E-state index in [1.807, 2.05) is 0 Å². The Morgan fingerprint density at radius 3 is 2.63 bits per heavy atom. The Kier molecular flexibility index (Phi) is 5.22. The maximum atomic E-state index is 12.9. The Balaban J connectivity index is 1.58. The zero-order chi connectivity index (χ0) is 19.2. The van der Waals surface area contributed by atoms with Gasteiger partial charge < -0.3 is 15.7 Å². The van der Waals surface area contributed by atoms with Crippen molar-refractivity contribution in [2.45, 2.75) is 57.2 Å². The van der Waals surface area contributed by atoms with Gasteiger partial charge in [0.25, 0.3) is 5.91 Å². The van der Waals surface area contributed by atoms with E-state index in [2.05, 4.69) is 15.4 Å². The van der Waals surface area contributed by atoms with Crippen molar-refractivity contribution in [2.75, 3.05) is 18.1 Å². The lowest BCUT2D eigenvalue weighted by Gasteiger charge is -2.23. The predicted molar refractivity (Wildman–Crippen MR) is 106 cm³/mol. The zero-order valence-corrected chi connectivity index (χ0v) is 17.1. The van der Waals surface area contributed by atoms with E-state index in [1.165, 1.54) is 17.6 Å². The highest BCUT2D eigenvalue weighted by Gasteiger charge is 2.34. The molecule has 4 rings (SSSR count). The molecule has 0 spiro atoms. The van der Waals surface area contributed by atoms with E-state index < -0.39 is 16.3 Å². The molecule has 3 aliphatic carbocycles. The van der Waals surface area contributed by atoms with Gasteiger partial charge in [-0.3, -0.25) is 4.79 Å². The van der Waals surface area contributed by atoms with Crippen molar-refractivity contribution >= 4 is 32.3 Å². The molecule has 2 saturated carbocycles. The number of hydrogen-bond acceptors (Lipinski definition) is 6. The van der Waals surface area contributed by atoms with Gasteiger partial charge in [-0.1, -0.05) is 0 Å². The Bertz CT molecular complexity index is 828. The Morgan fingerprint density at radius 2 is 2.00 bits per heavy atom. The van der Waals surface area contributed by atoms with E-state index >= 15 is 0 Å². The summed E-state index contributed by atoms with van der Waals surface area (Å²) in [5.74, 6) is 0.715. The molecule has 4 N–H and O–H groups in total. The van der Waals surface area contributed by atoms with Crippen molar-refractivity contribution in [3.63, 3.8) is 0 Å². The largest absolute Gasteiger partial charge is 0.374 e. The van der Waals surface area contributed by atoms with Crippen LogP contribution in [0.1, 0.15) is 52.9 Å². The minimum atomic E-state index is -3.29. The van der Waals surface area contributed by atoms with Gasteiger partial charge in [0.15, 0.2) is 0 Å². The SMILES string of the molecule is CS(=O)(=O)NC1CCc2sc(NC(O)C3CC3)c(C(=O)NCC3CC3)c2C1. The summed E-state index contributed by atoms with van der Waals surface area (Å²) in [6.07, 6.45) is 6.81. The number of nitrogens with one attached hydrogen (secondary N) is 3. The highest BCUT2D eigenvalue weighted by Crippen LogP contribution is 2.41. The van der Waals surface area contributed by atoms with Gasteiger partial charge in [-0.25, -0.2) is 13.1 Å². The second kappa shape index (κ2) is 7.35. The Hall–Kier alpha value is -1.16. The van der Waals surface area contributed by atoms with Crippen LogP contribution in [0.2, 0.25) is 0 Å². The summed E-state index contributed by atoms with van der Waals surface area (Å²) in [6.45, 7) is 0.680. The molecule has 150 valence electrons. The third-order valence-corrected chi connectivity index (χ3v) is 7.45. The topological polar surface area (TPSA) is 108 Å². The van der Waals surface area contributed by atoms with Gasteiger partial charge in [0.05, 0.1) is 11.8 Å². The molecule has 27 heavy (non-hydrogen) atoms. The standard InChI is InChI=1S/C18H27N3O4S2/c1-27(24,25)21-12-6-7-14-13(8-12)15(17(23)19-9-10-2-3-10)18(26-14)20-16(22)11-4-5-11/h10-12,16,20-22H,2-9H2,1H3,(H,19,23). The maximum absolute atomic E-state index is 12.9. The molecule has 0 aromatic carbocycles. The molecular formula is C18H27N3O4S2. The molecule has 2 fully saturated rings. The smallest absolute Gasteiger partial charge is 0.254 e. The molecule has 0 aliphatic heterocycles. The Morgan fingerprint density at radius 1 is 1.26 bits per heavy atom. The predicted octanol–water partition coefficient (Wildman–Crippen LogP) is 1.43. The molecule has 0 bridgehead atoms. The molecule has 0 radical (unpaired) electrons. The number of hydrogen-bond donors (Lipinski definition) is 4. The van der Waals surface area contributed by atoms with Gasteiger partial charge in [-0.2, -0.15) is 0 Å². The highest BCUT2D eigenvalue weighted by molar-refractivity contribution is 7.88. The number of carbonyl (C=O) groups is 1. The van der Waals surface area contributed by atoms with Crippen LogP contribution in [-0.2, 0) is 22.9 Å². The number of anilines is 1. The number of fused-ring (bicyclic) bond motifs is 1. The summed E-state index contributed by atoms with van der Waals surface area (Å²) in [5, 5.41) is 17.2. The zero-order valence-electron chi connectivity index (χ0n) is 15.5. The molecule has 3 aliphatic rings. The molecule has 2 unspecified atom stereocenters. The number of aliphatic hydroxyl groups is 1. The van der Waals surface area contributed by atoms with Crippen molar-refractivity contribution in [3.05, 3.63) is 16.0 Å². The summed E-state index contributed by atoms with van der Waals surface area (Å²) in [5.41, 5.74) is 1.52. The first-order valence-corrected chi connectivity index (χ1v) is 12.4. The van der Waals surface area contributed by atoms with E-state index in [4.69, 9.17) is 0 Å². The summed E-state index contributed by atoms with van der Waals surface area (Å²) >= 11 is 1.52. The molecule has 2 atom stereocenters. The molecule has 1 amide bonds. The molecule has 0 saturated heterocycles. The monoisotopic (exact) mass is 413 g/mol. The van der Waals surface area contributed by atoms with Gasteiger partial charge in [0.1, 0.15) is 11.2 Å². The van der Waals surface area contributed by atoms with E-state index in [0.29, 0.717) is 35.9 Å². The first-order valence-electron chi connectivity index (χ1n) is 9.65. The van der Waals surface area contributed by atoms with Crippen LogP contribution in [0.5, 0.6) is 0 Å². The van der Waals surface area contributed by atoms with Gasteiger partial charge >= 0.3 is 0 Å². The summed E-state index contributed by atoms with van der Waals surface area (Å²) in [4.78, 5) is 14.0. The third-order valence-electron chi connectivity index (χ3n) is 5.46. The van der Waals surface area contributed by atoms with Crippen molar-refractivity contribution in [2.24, 2.45) is 11.8 Å². The van der Waals surface area contributed by atoms with E-state index in [1.54, 1.807) is 0 Å². The lowest BCUT2D eigenvalue weighted by Crippen LogP contribution is -2.38. The average Bonchev–Trinajstić information content (AvgIpc) is 3.48. The van der Waals surface area contributed by atoms with Crippen LogP contribution >= 0.6 is 11.3 Å². The number of sulfonamides is 1. The second-order valence-corrected chi connectivity index (χ2v) is 11.0. The van der Waals surface area contributed by atoms with Gasteiger partial charge in [-0.15, -0.1) is 11.3 Å². The van der Waals surface area contributed by atoms with Crippen LogP contribution in [0, 0.1) is 11.8 Å². The van der Waals surface area contributed by atoms with Gasteiger partial charge in [0, 0.05) is 23.4 Å². The first-order chi connectivity index (χ1) is 12.8. The molecular weight excluding hydrogens is 386 g/mol.